The van der Waals surface area contributed by atoms with Gasteiger partial charge in [0.05, 0.1) is 28.2 Å². The lowest BCUT2D eigenvalue weighted by molar-refractivity contribution is 0.0123. The molecule has 1 saturated carbocycles. The normalized spacial score (nSPS) is 22.9. The SMILES string of the molecule is Cc1c(C(N)=O)sc2ncnc(Nc3ccc(F)cc3O[C@@H]3C[C@@H]4OCO[C@@H]4C3)c12. The van der Waals surface area contributed by atoms with Crippen LogP contribution in [-0.2, 0) is 9.47 Å². The number of nitrogens with one attached hydrogen (secondary N) is 1. The number of nitrogens with two attached hydrogens (primary N) is 1. The van der Waals surface area contributed by atoms with Crippen LogP contribution in [-0.4, -0.2) is 41.0 Å². The van der Waals surface area contributed by atoms with Gasteiger partial charge in [-0.15, -0.1) is 11.3 Å². The summed E-state index contributed by atoms with van der Waals surface area (Å²) >= 11 is 1.21. The fraction of sp³-hybridized carbons (Fsp3) is 0.350. The van der Waals surface area contributed by atoms with Crippen molar-refractivity contribution in [2.24, 2.45) is 5.73 Å². The minimum atomic E-state index is -0.511. The number of ether oxygens (including phenoxy) is 3. The number of aryl methyl sites for hydroxylation is 1. The molecule has 3 aromatic rings. The number of amides is 1. The van der Waals surface area contributed by atoms with E-state index in [1.165, 1.54) is 29.8 Å². The molecule has 2 aromatic heterocycles. The Kier molecular flexibility index (Phi) is 4.76. The number of benzene rings is 1. The number of primary amides is 1. The molecule has 8 nitrogen and oxygen atoms in total. The number of carbonyl (C=O) groups excluding carboxylic acids is 1. The average Bonchev–Trinajstić information content (AvgIpc) is 3.38. The van der Waals surface area contributed by atoms with E-state index in [-0.39, 0.29) is 18.3 Å². The third-order valence-electron chi connectivity index (χ3n) is 5.41. The monoisotopic (exact) mass is 430 g/mol. The number of rotatable bonds is 5. The van der Waals surface area contributed by atoms with Gasteiger partial charge in [0.15, 0.2) is 0 Å². The maximum Gasteiger partial charge on any atom is 0.259 e. The van der Waals surface area contributed by atoms with Gasteiger partial charge in [-0.25, -0.2) is 14.4 Å². The molecule has 1 aliphatic heterocycles. The van der Waals surface area contributed by atoms with Gasteiger partial charge >= 0.3 is 0 Å². The van der Waals surface area contributed by atoms with Crippen LogP contribution in [0.1, 0.15) is 28.1 Å². The van der Waals surface area contributed by atoms with Gasteiger partial charge in [0.1, 0.15) is 41.4 Å². The van der Waals surface area contributed by atoms with Crippen molar-refractivity contribution in [2.45, 2.75) is 38.1 Å². The first kappa shape index (κ1) is 19.2. The van der Waals surface area contributed by atoms with E-state index < -0.39 is 11.7 Å². The van der Waals surface area contributed by atoms with Crippen LogP contribution in [0.5, 0.6) is 5.75 Å². The molecule has 156 valence electrons. The molecular weight excluding hydrogens is 411 g/mol. The molecule has 3 atom stereocenters. The maximum atomic E-state index is 14.0. The lowest BCUT2D eigenvalue weighted by Crippen LogP contribution is -2.16. The second kappa shape index (κ2) is 7.46. The van der Waals surface area contributed by atoms with Gasteiger partial charge in [-0.05, 0) is 24.6 Å². The van der Waals surface area contributed by atoms with E-state index in [1.54, 1.807) is 13.0 Å². The number of fused-ring (bicyclic) bond motifs is 2. The Morgan fingerprint density at radius 3 is 2.80 bits per heavy atom. The zero-order valence-electron chi connectivity index (χ0n) is 16.1. The molecule has 0 spiro atoms. The van der Waals surface area contributed by atoms with E-state index in [1.807, 2.05) is 0 Å². The van der Waals surface area contributed by atoms with Crippen LogP contribution in [0.3, 0.4) is 0 Å². The molecule has 1 amide bonds. The molecule has 0 bridgehead atoms. The fourth-order valence-corrected chi connectivity index (χ4v) is 4.99. The third kappa shape index (κ3) is 3.36. The van der Waals surface area contributed by atoms with Crippen molar-refractivity contribution in [1.29, 1.82) is 0 Å². The highest BCUT2D eigenvalue weighted by Crippen LogP contribution is 2.38. The summed E-state index contributed by atoms with van der Waals surface area (Å²) in [5.41, 5.74) is 6.73. The number of aromatic nitrogens is 2. The van der Waals surface area contributed by atoms with E-state index in [4.69, 9.17) is 19.9 Å². The van der Waals surface area contributed by atoms with Crippen molar-refractivity contribution in [3.63, 3.8) is 0 Å². The second-order valence-electron chi connectivity index (χ2n) is 7.33. The van der Waals surface area contributed by atoms with E-state index in [2.05, 4.69) is 15.3 Å². The Morgan fingerprint density at radius 2 is 2.07 bits per heavy atom. The van der Waals surface area contributed by atoms with Gasteiger partial charge in [-0.1, -0.05) is 0 Å². The second-order valence-corrected chi connectivity index (χ2v) is 8.33. The molecule has 1 aromatic carbocycles. The maximum absolute atomic E-state index is 14.0. The van der Waals surface area contributed by atoms with E-state index in [0.29, 0.717) is 57.5 Å². The van der Waals surface area contributed by atoms with Crippen LogP contribution < -0.4 is 15.8 Å². The van der Waals surface area contributed by atoms with Gasteiger partial charge in [0, 0.05) is 18.9 Å². The number of hydrogen-bond acceptors (Lipinski definition) is 8. The average molecular weight is 430 g/mol. The van der Waals surface area contributed by atoms with Crippen LogP contribution in [0.2, 0.25) is 0 Å². The molecule has 3 heterocycles. The molecule has 3 N–H and O–H groups in total. The number of carbonyl (C=O) groups is 1. The van der Waals surface area contributed by atoms with Crippen LogP contribution >= 0.6 is 11.3 Å². The highest BCUT2D eigenvalue weighted by atomic mass is 32.1. The van der Waals surface area contributed by atoms with Crippen LogP contribution in [0.4, 0.5) is 15.9 Å². The van der Waals surface area contributed by atoms with Gasteiger partial charge in [0.25, 0.3) is 5.91 Å². The van der Waals surface area contributed by atoms with Gasteiger partial charge in [-0.2, -0.15) is 0 Å². The van der Waals surface area contributed by atoms with Crippen molar-refractivity contribution in [2.75, 3.05) is 12.1 Å². The Labute approximate surface area is 175 Å². The predicted octanol–water partition coefficient (Wildman–Crippen LogP) is 3.26. The summed E-state index contributed by atoms with van der Waals surface area (Å²) in [6, 6.07) is 4.28. The zero-order valence-corrected chi connectivity index (χ0v) is 16.9. The summed E-state index contributed by atoms with van der Waals surface area (Å²) in [5, 5.41) is 3.91. The first-order valence-electron chi connectivity index (χ1n) is 9.50. The standard InChI is InChI=1S/C20H19FN4O4S/c1-9-16-19(23-7-24-20(16)30-17(9)18(22)26)25-12-3-2-10(21)4-13(12)29-11-5-14-15(6-11)28-8-27-14/h2-4,7,11,14-15H,5-6,8H2,1H3,(H2,22,26)(H,23,24,25)/t11-,14+,15-. The zero-order chi connectivity index (χ0) is 20.8. The summed E-state index contributed by atoms with van der Waals surface area (Å²) in [6.07, 6.45) is 2.66. The van der Waals surface area contributed by atoms with Crippen molar-refractivity contribution >= 4 is 39.0 Å². The molecule has 1 aliphatic carbocycles. The molecule has 2 fully saturated rings. The third-order valence-corrected chi connectivity index (χ3v) is 6.62. The minimum Gasteiger partial charge on any atom is -0.488 e. The lowest BCUT2D eigenvalue weighted by atomic mass is 10.2. The topological polar surface area (TPSA) is 109 Å². The highest BCUT2D eigenvalue weighted by Gasteiger charge is 2.41. The minimum absolute atomic E-state index is 0.0159. The van der Waals surface area contributed by atoms with Crippen molar-refractivity contribution in [3.8, 4) is 5.75 Å². The van der Waals surface area contributed by atoms with Gasteiger partial charge < -0.3 is 25.3 Å². The van der Waals surface area contributed by atoms with Crippen molar-refractivity contribution < 1.29 is 23.4 Å². The Balaban J connectivity index is 1.46. The molecule has 30 heavy (non-hydrogen) atoms. The Morgan fingerprint density at radius 1 is 1.30 bits per heavy atom. The Hall–Kier alpha value is -2.82. The molecule has 2 aliphatic rings. The largest absolute Gasteiger partial charge is 0.488 e. The van der Waals surface area contributed by atoms with Gasteiger partial charge in [0.2, 0.25) is 0 Å². The van der Waals surface area contributed by atoms with E-state index in [0.717, 1.165) is 0 Å². The van der Waals surface area contributed by atoms with Gasteiger partial charge in [-0.3, -0.25) is 4.79 Å². The molecule has 0 unspecified atom stereocenters. The first-order chi connectivity index (χ1) is 14.5. The summed E-state index contributed by atoms with van der Waals surface area (Å²) < 4.78 is 31.1. The molecule has 5 rings (SSSR count). The molecule has 10 heteroatoms. The summed E-state index contributed by atoms with van der Waals surface area (Å²) in [6.45, 7) is 2.11. The quantitative estimate of drug-likeness (QED) is 0.639. The first-order valence-corrected chi connectivity index (χ1v) is 10.3. The number of nitrogens with zero attached hydrogens (tertiary/aromatic N) is 2. The van der Waals surface area contributed by atoms with E-state index in [9.17, 15) is 9.18 Å². The number of hydrogen-bond donors (Lipinski definition) is 2. The molecular formula is C20H19FN4O4S. The smallest absolute Gasteiger partial charge is 0.259 e. The molecule has 0 radical (unpaired) electrons. The lowest BCUT2D eigenvalue weighted by Gasteiger charge is -2.18. The number of thiophene rings is 1. The summed E-state index contributed by atoms with van der Waals surface area (Å²) in [4.78, 5) is 21.3. The van der Waals surface area contributed by atoms with Crippen LogP contribution in [0.25, 0.3) is 10.2 Å². The fourth-order valence-electron chi connectivity index (χ4n) is 3.98. The summed E-state index contributed by atoms with van der Waals surface area (Å²) in [5.74, 6) is -0.0531. The van der Waals surface area contributed by atoms with Crippen molar-refractivity contribution in [3.05, 3.63) is 40.8 Å². The molecule has 1 saturated heterocycles. The number of anilines is 2. The van der Waals surface area contributed by atoms with E-state index >= 15 is 0 Å². The summed E-state index contributed by atoms with van der Waals surface area (Å²) in [7, 11) is 0. The number of halogens is 1. The van der Waals surface area contributed by atoms with Crippen LogP contribution in [0.15, 0.2) is 24.5 Å². The van der Waals surface area contributed by atoms with Crippen LogP contribution in [0, 0.1) is 12.7 Å². The van der Waals surface area contributed by atoms with Crippen molar-refractivity contribution in [1.82, 2.24) is 9.97 Å². The predicted molar refractivity (Wildman–Crippen MR) is 109 cm³/mol. The Bertz CT molecular complexity index is 1130. The highest BCUT2D eigenvalue weighted by molar-refractivity contribution is 7.20.